The summed E-state index contributed by atoms with van der Waals surface area (Å²) in [6.07, 6.45) is 1.86. The Morgan fingerprint density at radius 1 is 1.16 bits per heavy atom. The second-order valence-corrected chi connectivity index (χ2v) is 6.43. The van der Waals surface area contributed by atoms with Crippen LogP contribution in [0.2, 0.25) is 0 Å². The van der Waals surface area contributed by atoms with Crippen LogP contribution < -0.4 is 4.90 Å². The number of pyridine rings is 1. The molecule has 1 saturated heterocycles. The average molecular weight is 252 g/mol. The largest absolute Gasteiger partial charge is 0.371 e. The van der Waals surface area contributed by atoms with Crippen molar-refractivity contribution < 1.29 is 0 Å². The number of fused-ring (bicyclic) bond motifs is 2. The Bertz CT molecular complexity index is 607. The van der Waals surface area contributed by atoms with E-state index in [9.17, 15) is 0 Å². The molecule has 19 heavy (non-hydrogen) atoms. The molecule has 2 heterocycles. The predicted octanol–water partition coefficient (Wildman–Crippen LogP) is 3.57. The third-order valence-corrected chi connectivity index (χ3v) is 4.98. The third-order valence-electron chi connectivity index (χ3n) is 4.98. The molecule has 2 heteroatoms. The molecule has 1 aromatic carbocycles. The number of hydrogen-bond acceptors (Lipinski definition) is 2. The Labute approximate surface area is 114 Å². The van der Waals surface area contributed by atoms with Gasteiger partial charge in [-0.3, -0.25) is 4.98 Å². The summed E-state index contributed by atoms with van der Waals surface area (Å²) in [7, 11) is 0. The molecular formula is C17H20N2. The van der Waals surface area contributed by atoms with Crippen molar-refractivity contribution in [3.8, 4) is 0 Å². The molecule has 1 aliphatic carbocycles. The molecule has 0 spiro atoms. The molecule has 2 unspecified atom stereocenters. The van der Waals surface area contributed by atoms with Gasteiger partial charge in [-0.25, -0.2) is 0 Å². The van der Waals surface area contributed by atoms with Crippen molar-refractivity contribution in [2.45, 2.75) is 13.8 Å². The van der Waals surface area contributed by atoms with Gasteiger partial charge in [0.1, 0.15) is 0 Å². The summed E-state index contributed by atoms with van der Waals surface area (Å²) in [4.78, 5) is 6.95. The first kappa shape index (κ1) is 11.3. The topological polar surface area (TPSA) is 16.1 Å². The van der Waals surface area contributed by atoms with Crippen molar-refractivity contribution >= 4 is 16.6 Å². The second kappa shape index (κ2) is 3.96. The van der Waals surface area contributed by atoms with Gasteiger partial charge in [-0.2, -0.15) is 0 Å². The normalized spacial score (nSPS) is 29.0. The predicted molar refractivity (Wildman–Crippen MR) is 79.3 cm³/mol. The van der Waals surface area contributed by atoms with Crippen molar-refractivity contribution in [2.75, 3.05) is 18.0 Å². The van der Waals surface area contributed by atoms with E-state index in [-0.39, 0.29) is 0 Å². The fourth-order valence-electron chi connectivity index (χ4n) is 4.03. The highest BCUT2D eigenvalue weighted by Gasteiger charge is 2.56. The van der Waals surface area contributed by atoms with Gasteiger partial charge in [-0.15, -0.1) is 0 Å². The monoisotopic (exact) mass is 252 g/mol. The zero-order valence-corrected chi connectivity index (χ0v) is 11.6. The van der Waals surface area contributed by atoms with Crippen LogP contribution in [0.25, 0.3) is 10.9 Å². The standard InChI is InChI=1S/C17H20N2/c1-11(2)17-14-9-19(10-15(14)17)13-5-6-16-12(8-13)4-3-7-18-16/h3-8,11,14-15,17H,9-10H2,1-2H3. The Hall–Kier alpha value is -1.57. The lowest BCUT2D eigenvalue weighted by molar-refractivity contribution is 0.480. The van der Waals surface area contributed by atoms with E-state index in [1.165, 1.54) is 24.2 Å². The van der Waals surface area contributed by atoms with Gasteiger partial charge >= 0.3 is 0 Å². The maximum absolute atomic E-state index is 4.39. The summed E-state index contributed by atoms with van der Waals surface area (Å²) in [5, 5.41) is 1.25. The molecule has 2 aliphatic rings. The fraction of sp³-hybridized carbons (Fsp3) is 0.471. The number of piperidine rings is 1. The lowest BCUT2D eigenvalue weighted by Crippen LogP contribution is -2.24. The van der Waals surface area contributed by atoms with Crippen LogP contribution in [0.15, 0.2) is 36.5 Å². The van der Waals surface area contributed by atoms with E-state index in [1.807, 2.05) is 12.3 Å². The number of rotatable bonds is 2. The van der Waals surface area contributed by atoms with Gasteiger partial charge in [0.25, 0.3) is 0 Å². The maximum atomic E-state index is 4.39. The minimum absolute atomic E-state index is 0.859. The van der Waals surface area contributed by atoms with E-state index in [1.54, 1.807) is 0 Å². The van der Waals surface area contributed by atoms with Crippen LogP contribution in [0.1, 0.15) is 13.8 Å². The van der Waals surface area contributed by atoms with Gasteiger partial charge in [0.15, 0.2) is 0 Å². The third kappa shape index (κ3) is 1.73. The smallest absolute Gasteiger partial charge is 0.0703 e. The van der Waals surface area contributed by atoms with Crippen molar-refractivity contribution in [3.63, 3.8) is 0 Å². The van der Waals surface area contributed by atoms with E-state index >= 15 is 0 Å². The minimum Gasteiger partial charge on any atom is -0.371 e. The fourth-order valence-corrected chi connectivity index (χ4v) is 4.03. The van der Waals surface area contributed by atoms with Crippen molar-refractivity contribution in [1.29, 1.82) is 0 Å². The zero-order chi connectivity index (χ0) is 13.0. The van der Waals surface area contributed by atoms with Crippen molar-refractivity contribution in [2.24, 2.45) is 23.7 Å². The molecule has 98 valence electrons. The van der Waals surface area contributed by atoms with Gasteiger partial charge in [-0.1, -0.05) is 19.9 Å². The number of anilines is 1. The van der Waals surface area contributed by atoms with Crippen LogP contribution in [0.5, 0.6) is 0 Å². The van der Waals surface area contributed by atoms with Crippen LogP contribution in [-0.2, 0) is 0 Å². The molecule has 2 atom stereocenters. The molecule has 0 bridgehead atoms. The van der Waals surface area contributed by atoms with E-state index < -0.39 is 0 Å². The Kier molecular flexibility index (Phi) is 2.35. The van der Waals surface area contributed by atoms with E-state index in [2.05, 4.69) is 48.0 Å². The van der Waals surface area contributed by atoms with Crippen LogP contribution in [0, 0.1) is 23.7 Å². The van der Waals surface area contributed by atoms with Crippen LogP contribution in [0.4, 0.5) is 5.69 Å². The number of benzene rings is 1. The summed E-state index contributed by atoms with van der Waals surface area (Å²) in [5.74, 6) is 3.74. The first-order valence-corrected chi connectivity index (χ1v) is 7.34. The maximum Gasteiger partial charge on any atom is 0.0703 e. The van der Waals surface area contributed by atoms with Gasteiger partial charge < -0.3 is 4.90 Å². The van der Waals surface area contributed by atoms with Gasteiger partial charge in [0, 0.05) is 30.4 Å². The van der Waals surface area contributed by atoms with Gasteiger partial charge in [0.2, 0.25) is 0 Å². The molecular weight excluding hydrogens is 232 g/mol. The molecule has 4 rings (SSSR count). The summed E-state index contributed by atoms with van der Waals surface area (Å²) >= 11 is 0. The minimum atomic E-state index is 0.859. The zero-order valence-electron chi connectivity index (χ0n) is 11.6. The van der Waals surface area contributed by atoms with E-state index in [0.29, 0.717) is 0 Å². The van der Waals surface area contributed by atoms with Gasteiger partial charge in [0.05, 0.1) is 5.52 Å². The molecule has 1 saturated carbocycles. The average Bonchev–Trinajstić information content (AvgIpc) is 2.94. The van der Waals surface area contributed by atoms with Crippen LogP contribution >= 0.6 is 0 Å². The molecule has 0 amide bonds. The Morgan fingerprint density at radius 3 is 2.68 bits per heavy atom. The number of nitrogens with zero attached hydrogens (tertiary/aromatic N) is 2. The SMILES string of the molecule is CC(C)C1C2CN(c3ccc4ncccc4c3)CC21. The highest BCUT2D eigenvalue weighted by molar-refractivity contribution is 5.82. The molecule has 1 aliphatic heterocycles. The van der Waals surface area contributed by atoms with E-state index in [0.717, 1.165) is 29.2 Å². The Balaban J connectivity index is 1.57. The molecule has 2 nitrogen and oxygen atoms in total. The highest BCUT2D eigenvalue weighted by atomic mass is 15.2. The van der Waals surface area contributed by atoms with E-state index in [4.69, 9.17) is 0 Å². The lowest BCUT2D eigenvalue weighted by Gasteiger charge is -2.23. The molecule has 2 aromatic rings. The quantitative estimate of drug-likeness (QED) is 0.812. The van der Waals surface area contributed by atoms with Crippen molar-refractivity contribution in [3.05, 3.63) is 36.5 Å². The lowest BCUT2D eigenvalue weighted by atomic mass is 10.0. The first-order chi connectivity index (χ1) is 9.24. The highest BCUT2D eigenvalue weighted by Crippen LogP contribution is 2.56. The molecule has 2 fully saturated rings. The molecule has 0 radical (unpaired) electrons. The number of aromatic nitrogens is 1. The van der Waals surface area contributed by atoms with Crippen molar-refractivity contribution in [1.82, 2.24) is 4.98 Å². The summed E-state index contributed by atoms with van der Waals surface area (Å²) < 4.78 is 0. The Morgan fingerprint density at radius 2 is 1.95 bits per heavy atom. The first-order valence-electron chi connectivity index (χ1n) is 7.34. The number of hydrogen-bond donors (Lipinski definition) is 0. The molecule has 1 aromatic heterocycles. The molecule has 0 N–H and O–H groups in total. The van der Waals surface area contributed by atoms with Gasteiger partial charge in [-0.05, 0) is 47.9 Å². The second-order valence-electron chi connectivity index (χ2n) is 6.43. The summed E-state index contributed by atoms with van der Waals surface area (Å²) in [5.41, 5.74) is 2.46. The summed E-state index contributed by atoms with van der Waals surface area (Å²) in [6.45, 7) is 7.24. The van der Waals surface area contributed by atoms with Crippen LogP contribution in [0.3, 0.4) is 0 Å². The summed E-state index contributed by atoms with van der Waals surface area (Å²) in [6, 6.07) is 10.8. The van der Waals surface area contributed by atoms with Crippen LogP contribution in [-0.4, -0.2) is 18.1 Å².